The van der Waals surface area contributed by atoms with Crippen LogP contribution < -0.4 is 5.32 Å². The van der Waals surface area contributed by atoms with Crippen LogP contribution in [0.2, 0.25) is 5.02 Å². The lowest BCUT2D eigenvalue weighted by Gasteiger charge is -2.35. The van der Waals surface area contributed by atoms with Gasteiger partial charge in [-0.1, -0.05) is 43.6 Å². The minimum atomic E-state index is -0.182. The summed E-state index contributed by atoms with van der Waals surface area (Å²) in [6, 6.07) is 9.59. The molecule has 1 aromatic carbocycles. The number of hydrogen-bond donors (Lipinski definition) is 2. The molecule has 26 heavy (non-hydrogen) atoms. The minimum Gasteiger partial charge on any atom is -0.379 e. The van der Waals surface area contributed by atoms with Gasteiger partial charge >= 0.3 is 0 Å². The molecule has 1 amide bonds. The van der Waals surface area contributed by atoms with Crippen molar-refractivity contribution in [3.05, 3.63) is 52.3 Å². The number of aromatic nitrogens is 2. The second-order valence-corrected chi connectivity index (χ2v) is 7.17. The average Bonchev–Trinajstić information content (AvgIpc) is 3.15. The zero-order valence-electron chi connectivity index (χ0n) is 15.2. The van der Waals surface area contributed by atoms with Crippen LogP contribution in [0.5, 0.6) is 0 Å². The van der Waals surface area contributed by atoms with Gasteiger partial charge in [0.1, 0.15) is 5.69 Å². The molecular formula is C19H25ClN4O2. The van der Waals surface area contributed by atoms with Gasteiger partial charge in [-0.3, -0.25) is 14.8 Å². The van der Waals surface area contributed by atoms with E-state index in [2.05, 4.69) is 34.3 Å². The second kappa shape index (κ2) is 8.66. The number of ether oxygens (including phenoxy) is 1. The third kappa shape index (κ3) is 4.44. The van der Waals surface area contributed by atoms with Crippen molar-refractivity contribution >= 4 is 17.5 Å². The van der Waals surface area contributed by atoms with Gasteiger partial charge in [0.15, 0.2) is 0 Å². The van der Waals surface area contributed by atoms with Gasteiger partial charge in [-0.2, -0.15) is 5.10 Å². The van der Waals surface area contributed by atoms with Crippen LogP contribution >= 0.6 is 11.6 Å². The molecule has 1 aliphatic heterocycles. The highest BCUT2D eigenvalue weighted by Crippen LogP contribution is 2.27. The number of halogens is 1. The maximum atomic E-state index is 12.5. The number of H-pyrrole nitrogens is 1. The van der Waals surface area contributed by atoms with Crippen LogP contribution in [0.4, 0.5) is 0 Å². The molecule has 1 saturated heterocycles. The largest absolute Gasteiger partial charge is 0.379 e. The average molecular weight is 377 g/mol. The fourth-order valence-electron chi connectivity index (χ4n) is 3.10. The Kier molecular flexibility index (Phi) is 6.29. The molecule has 1 fully saturated rings. The lowest BCUT2D eigenvalue weighted by atomic mass is 10.0. The Morgan fingerprint density at radius 2 is 2.08 bits per heavy atom. The van der Waals surface area contributed by atoms with Crippen molar-refractivity contribution in [3.8, 4) is 0 Å². The molecule has 0 spiro atoms. The number of nitrogens with zero attached hydrogens (tertiary/aromatic N) is 2. The first-order valence-electron chi connectivity index (χ1n) is 8.96. The Hall–Kier alpha value is -1.89. The standard InChI is InChI=1S/C19H25ClN4O2/c1-13(2)16-11-17(23-22-16)19(25)21-12-18(24-7-9-26-10-8-24)14-5-3-4-6-15(14)20/h3-6,11,13,18H,7-10,12H2,1-2H3,(H,21,25)(H,22,23)/t18-/m1/s1. The van der Waals surface area contributed by atoms with E-state index in [0.29, 0.717) is 36.4 Å². The molecule has 1 aromatic heterocycles. The summed E-state index contributed by atoms with van der Waals surface area (Å²) in [5, 5.41) is 10.8. The number of hydrogen-bond acceptors (Lipinski definition) is 4. The number of nitrogens with one attached hydrogen (secondary N) is 2. The molecule has 2 heterocycles. The van der Waals surface area contributed by atoms with Crippen molar-refractivity contribution in [2.45, 2.75) is 25.8 Å². The molecule has 0 aliphatic carbocycles. The summed E-state index contributed by atoms with van der Waals surface area (Å²) in [4.78, 5) is 14.8. The molecule has 7 heteroatoms. The smallest absolute Gasteiger partial charge is 0.271 e. The van der Waals surface area contributed by atoms with Crippen LogP contribution in [0.3, 0.4) is 0 Å². The lowest BCUT2D eigenvalue weighted by Crippen LogP contribution is -2.44. The molecule has 140 valence electrons. The van der Waals surface area contributed by atoms with E-state index in [1.807, 2.05) is 24.3 Å². The van der Waals surface area contributed by atoms with E-state index in [4.69, 9.17) is 16.3 Å². The fourth-order valence-corrected chi connectivity index (χ4v) is 3.36. The second-order valence-electron chi connectivity index (χ2n) is 6.76. The molecule has 3 rings (SSSR count). The van der Waals surface area contributed by atoms with Crippen molar-refractivity contribution < 1.29 is 9.53 Å². The molecule has 1 atom stereocenters. The Morgan fingerprint density at radius 3 is 2.73 bits per heavy atom. The molecule has 1 aliphatic rings. The van der Waals surface area contributed by atoms with Gasteiger partial charge in [0.2, 0.25) is 0 Å². The number of carbonyl (C=O) groups is 1. The van der Waals surface area contributed by atoms with E-state index in [1.165, 1.54) is 0 Å². The van der Waals surface area contributed by atoms with Crippen LogP contribution in [0.25, 0.3) is 0 Å². The highest BCUT2D eigenvalue weighted by atomic mass is 35.5. The Balaban J connectivity index is 1.73. The summed E-state index contributed by atoms with van der Waals surface area (Å²) in [5.41, 5.74) is 2.38. The third-order valence-electron chi connectivity index (χ3n) is 4.66. The monoisotopic (exact) mass is 376 g/mol. The molecule has 0 unspecified atom stereocenters. The van der Waals surface area contributed by atoms with Gasteiger partial charge in [0.05, 0.1) is 19.3 Å². The van der Waals surface area contributed by atoms with Gasteiger partial charge in [-0.15, -0.1) is 0 Å². The van der Waals surface area contributed by atoms with E-state index in [0.717, 1.165) is 24.3 Å². The van der Waals surface area contributed by atoms with Gasteiger partial charge in [0, 0.05) is 30.4 Å². The van der Waals surface area contributed by atoms with Crippen LogP contribution in [0.15, 0.2) is 30.3 Å². The van der Waals surface area contributed by atoms with Crippen LogP contribution in [0, 0.1) is 0 Å². The fraction of sp³-hybridized carbons (Fsp3) is 0.474. The van der Waals surface area contributed by atoms with Crippen LogP contribution in [0.1, 0.15) is 47.6 Å². The van der Waals surface area contributed by atoms with Crippen LogP contribution in [-0.2, 0) is 4.74 Å². The van der Waals surface area contributed by atoms with Crippen LogP contribution in [-0.4, -0.2) is 53.9 Å². The highest BCUT2D eigenvalue weighted by Gasteiger charge is 2.25. The molecular weight excluding hydrogens is 352 g/mol. The van der Waals surface area contributed by atoms with Gasteiger partial charge < -0.3 is 10.1 Å². The van der Waals surface area contributed by atoms with Crippen molar-refractivity contribution in [2.75, 3.05) is 32.8 Å². The van der Waals surface area contributed by atoms with E-state index in [9.17, 15) is 4.79 Å². The zero-order valence-corrected chi connectivity index (χ0v) is 15.9. The molecule has 0 radical (unpaired) electrons. The summed E-state index contributed by atoms with van der Waals surface area (Å²) >= 11 is 6.42. The maximum absolute atomic E-state index is 12.5. The molecule has 0 saturated carbocycles. The topological polar surface area (TPSA) is 70.2 Å². The Bertz CT molecular complexity index is 741. The van der Waals surface area contributed by atoms with Crippen molar-refractivity contribution in [2.24, 2.45) is 0 Å². The quantitative estimate of drug-likeness (QED) is 0.813. The third-order valence-corrected chi connectivity index (χ3v) is 5.00. The summed E-state index contributed by atoms with van der Waals surface area (Å²) < 4.78 is 5.46. The summed E-state index contributed by atoms with van der Waals surface area (Å²) in [6.45, 7) is 7.57. The maximum Gasteiger partial charge on any atom is 0.271 e. The Labute approximate surface area is 158 Å². The van der Waals surface area contributed by atoms with E-state index in [-0.39, 0.29) is 11.9 Å². The molecule has 6 nitrogen and oxygen atoms in total. The normalized spacial score (nSPS) is 16.6. The van der Waals surface area contributed by atoms with E-state index < -0.39 is 0 Å². The highest BCUT2D eigenvalue weighted by molar-refractivity contribution is 6.31. The molecule has 0 bridgehead atoms. The van der Waals surface area contributed by atoms with Gasteiger partial charge in [0.25, 0.3) is 5.91 Å². The van der Waals surface area contributed by atoms with Gasteiger partial charge in [-0.25, -0.2) is 0 Å². The minimum absolute atomic E-state index is 0.0000565. The number of morpholine rings is 1. The molecule has 2 N–H and O–H groups in total. The molecule has 2 aromatic rings. The zero-order chi connectivity index (χ0) is 18.5. The first-order chi connectivity index (χ1) is 12.6. The van der Waals surface area contributed by atoms with Crippen molar-refractivity contribution in [1.29, 1.82) is 0 Å². The van der Waals surface area contributed by atoms with Crippen molar-refractivity contribution in [1.82, 2.24) is 20.4 Å². The van der Waals surface area contributed by atoms with E-state index in [1.54, 1.807) is 6.07 Å². The summed E-state index contributed by atoms with van der Waals surface area (Å²) in [6.07, 6.45) is 0. The van der Waals surface area contributed by atoms with Gasteiger partial charge in [-0.05, 0) is 23.6 Å². The number of carbonyl (C=O) groups excluding carboxylic acids is 1. The number of rotatable bonds is 6. The number of aromatic amines is 1. The SMILES string of the molecule is CC(C)c1cc(C(=O)NC[C@H](c2ccccc2Cl)N2CCOCC2)n[nH]1. The van der Waals surface area contributed by atoms with Crippen molar-refractivity contribution in [3.63, 3.8) is 0 Å². The lowest BCUT2D eigenvalue weighted by molar-refractivity contribution is 0.0162. The van der Waals surface area contributed by atoms with E-state index >= 15 is 0 Å². The summed E-state index contributed by atoms with van der Waals surface area (Å²) in [5.74, 6) is 0.117. The predicted molar refractivity (Wildman–Crippen MR) is 102 cm³/mol. The summed E-state index contributed by atoms with van der Waals surface area (Å²) in [7, 11) is 0. The predicted octanol–water partition coefficient (Wildman–Crippen LogP) is 2.99. The first kappa shape index (κ1) is 18.9. The number of benzene rings is 1. The number of amides is 1. The Morgan fingerprint density at radius 1 is 1.35 bits per heavy atom. The first-order valence-corrected chi connectivity index (χ1v) is 9.33.